The van der Waals surface area contributed by atoms with E-state index in [0.717, 1.165) is 17.9 Å². The van der Waals surface area contributed by atoms with Gasteiger partial charge in [0.25, 0.3) is 5.56 Å². The van der Waals surface area contributed by atoms with Gasteiger partial charge in [0.1, 0.15) is 0 Å². The Morgan fingerprint density at radius 2 is 2.06 bits per heavy atom. The fourth-order valence-corrected chi connectivity index (χ4v) is 2.50. The molecule has 0 atom stereocenters. The average molecular weight is 333 g/mol. The van der Waals surface area contributed by atoms with Gasteiger partial charge in [-0.05, 0) is 34.5 Å². The van der Waals surface area contributed by atoms with E-state index in [1.165, 1.54) is 4.40 Å². The average Bonchev–Trinajstić information content (AvgIpc) is 2.17. The maximum absolute atomic E-state index is 11.8. The van der Waals surface area contributed by atoms with Crippen LogP contribution in [0.4, 0.5) is 0 Å². The summed E-state index contributed by atoms with van der Waals surface area (Å²) >= 11 is 3.27. The van der Waals surface area contributed by atoms with Gasteiger partial charge in [0.2, 0.25) is 5.88 Å². The monoisotopic (exact) mass is 332 g/mol. The van der Waals surface area contributed by atoms with Crippen molar-refractivity contribution in [2.24, 2.45) is 0 Å². The van der Waals surface area contributed by atoms with Crippen molar-refractivity contribution >= 4 is 31.7 Å². The van der Waals surface area contributed by atoms with E-state index >= 15 is 0 Å². The summed E-state index contributed by atoms with van der Waals surface area (Å²) in [6, 6.07) is 2.80. The second kappa shape index (κ2) is 4.36. The molecule has 0 spiro atoms. The molecule has 96 valence electrons. The zero-order valence-corrected chi connectivity index (χ0v) is 11.9. The van der Waals surface area contributed by atoms with Gasteiger partial charge < -0.3 is 4.18 Å². The van der Waals surface area contributed by atoms with Crippen molar-refractivity contribution in [3.8, 4) is 5.88 Å². The third-order valence-electron chi connectivity index (χ3n) is 2.07. The van der Waals surface area contributed by atoms with Gasteiger partial charge in [0, 0.05) is 6.20 Å². The summed E-state index contributed by atoms with van der Waals surface area (Å²) in [7, 11) is -3.71. The van der Waals surface area contributed by atoms with Crippen molar-refractivity contribution in [3.63, 3.8) is 0 Å². The van der Waals surface area contributed by atoms with Crippen molar-refractivity contribution in [3.05, 3.63) is 38.7 Å². The molecule has 0 aromatic carbocycles. The predicted octanol–water partition coefficient (Wildman–Crippen LogP) is 1.10. The fraction of sp³-hybridized carbons (Fsp3) is 0.200. The van der Waals surface area contributed by atoms with Crippen molar-refractivity contribution in [2.45, 2.75) is 6.92 Å². The number of nitrogens with zero attached hydrogens (tertiary/aromatic N) is 2. The van der Waals surface area contributed by atoms with Gasteiger partial charge in [-0.2, -0.15) is 13.4 Å². The van der Waals surface area contributed by atoms with E-state index in [0.29, 0.717) is 10.1 Å². The lowest BCUT2D eigenvalue weighted by Crippen LogP contribution is -2.17. The molecule has 0 aliphatic rings. The maximum atomic E-state index is 11.8. The normalized spacial score (nSPS) is 11.7. The first-order valence-corrected chi connectivity index (χ1v) is 7.46. The van der Waals surface area contributed by atoms with Gasteiger partial charge in [-0.1, -0.05) is 0 Å². The molecule has 2 rings (SSSR count). The first kappa shape index (κ1) is 13.0. The lowest BCUT2D eigenvalue weighted by molar-refractivity contribution is 0.482. The summed E-state index contributed by atoms with van der Waals surface area (Å²) in [5.74, 6) is -0.243. The van der Waals surface area contributed by atoms with Crippen LogP contribution in [0, 0.1) is 6.92 Å². The Balaban J connectivity index is 2.73. The zero-order valence-electron chi connectivity index (χ0n) is 9.55. The molecule has 0 saturated carbocycles. The molecule has 2 heterocycles. The lowest BCUT2D eigenvalue weighted by atomic mass is 10.3. The molecule has 6 nitrogen and oxygen atoms in total. The minimum Gasteiger partial charge on any atom is -0.362 e. The summed E-state index contributed by atoms with van der Waals surface area (Å²) in [6.07, 6.45) is 2.50. The quantitative estimate of drug-likeness (QED) is 0.769. The number of fused-ring (bicyclic) bond motifs is 1. The standard InChI is InChI=1S/C10H9BrN2O4S/c1-6-3-7(11)10-12-8(17-18(2,15)16)4-9(14)13(10)5-6/h3-5H,1-2H3. The molecule has 0 bridgehead atoms. The first-order chi connectivity index (χ1) is 8.26. The number of halogens is 1. The Hall–Kier alpha value is -1.41. The van der Waals surface area contributed by atoms with Crippen LogP contribution in [0.5, 0.6) is 5.88 Å². The SMILES string of the molecule is Cc1cc(Br)c2nc(OS(C)(=O)=O)cc(=O)n2c1. The predicted molar refractivity (Wildman–Crippen MR) is 69.4 cm³/mol. The molecule has 0 N–H and O–H groups in total. The summed E-state index contributed by atoms with van der Waals surface area (Å²) in [6.45, 7) is 1.83. The zero-order chi connectivity index (χ0) is 13.5. The van der Waals surface area contributed by atoms with E-state index in [1.54, 1.807) is 12.3 Å². The van der Waals surface area contributed by atoms with Crippen LogP contribution in [0.15, 0.2) is 27.6 Å². The third-order valence-corrected chi connectivity index (χ3v) is 3.12. The second-order valence-corrected chi connectivity index (χ2v) is 6.21. The molecular formula is C10H9BrN2O4S. The second-order valence-electron chi connectivity index (χ2n) is 3.78. The third kappa shape index (κ3) is 2.70. The smallest absolute Gasteiger partial charge is 0.307 e. The minimum atomic E-state index is -3.71. The number of hydrogen-bond donors (Lipinski definition) is 0. The van der Waals surface area contributed by atoms with Crippen LogP contribution in [0.2, 0.25) is 0 Å². The molecule has 0 radical (unpaired) electrons. The van der Waals surface area contributed by atoms with Gasteiger partial charge in [0.05, 0.1) is 16.8 Å². The molecule has 0 amide bonds. The molecule has 0 aliphatic carbocycles. The van der Waals surface area contributed by atoms with E-state index in [2.05, 4.69) is 25.1 Å². The highest BCUT2D eigenvalue weighted by atomic mass is 79.9. The number of rotatable bonds is 2. The number of hydrogen-bond acceptors (Lipinski definition) is 5. The molecule has 8 heteroatoms. The van der Waals surface area contributed by atoms with Gasteiger partial charge in [-0.25, -0.2) is 0 Å². The molecule has 0 aliphatic heterocycles. The van der Waals surface area contributed by atoms with Crippen LogP contribution < -0.4 is 9.74 Å². The van der Waals surface area contributed by atoms with E-state index in [-0.39, 0.29) is 5.88 Å². The maximum Gasteiger partial charge on any atom is 0.307 e. The van der Waals surface area contributed by atoms with Crippen LogP contribution in [0.1, 0.15) is 5.56 Å². The largest absolute Gasteiger partial charge is 0.362 e. The van der Waals surface area contributed by atoms with E-state index in [1.807, 2.05) is 6.92 Å². The van der Waals surface area contributed by atoms with Crippen LogP contribution in [0.3, 0.4) is 0 Å². The van der Waals surface area contributed by atoms with Crippen LogP contribution in [0.25, 0.3) is 5.65 Å². The van der Waals surface area contributed by atoms with E-state index < -0.39 is 15.7 Å². The first-order valence-electron chi connectivity index (χ1n) is 4.85. The van der Waals surface area contributed by atoms with Gasteiger partial charge in [-0.15, -0.1) is 0 Å². The molecule has 2 aromatic rings. The highest BCUT2D eigenvalue weighted by Crippen LogP contribution is 2.18. The van der Waals surface area contributed by atoms with Crippen LogP contribution in [-0.4, -0.2) is 24.1 Å². The minimum absolute atomic E-state index is 0.243. The van der Waals surface area contributed by atoms with Crippen LogP contribution in [-0.2, 0) is 10.1 Å². The topological polar surface area (TPSA) is 77.7 Å². The van der Waals surface area contributed by atoms with Crippen molar-refractivity contribution in [1.29, 1.82) is 0 Å². The molecule has 18 heavy (non-hydrogen) atoms. The number of aromatic nitrogens is 2. The van der Waals surface area contributed by atoms with E-state index in [4.69, 9.17) is 0 Å². The summed E-state index contributed by atoms with van der Waals surface area (Å²) in [4.78, 5) is 15.8. The fourth-order valence-electron chi connectivity index (χ4n) is 1.47. The number of pyridine rings is 1. The Morgan fingerprint density at radius 1 is 1.39 bits per heavy atom. The molecule has 0 saturated heterocycles. The molecule has 0 unspecified atom stereocenters. The van der Waals surface area contributed by atoms with Gasteiger partial charge in [-0.3, -0.25) is 9.20 Å². The molecule has 2 aromatic heterocycles. The highest BCUT2D eigenvalue weighted by Gasteiger charge is 2.11. The molecule has 0 fully saturated rings. The molecular weight excluding hydrogens is 324 g/mol. The Labute approximate surface area is 111 Å². The Bertz CT molecular complexity index is 782. The van der Waals surface area contributed by atoms with Crippen molar-refractivity contribution < 1.29 is 12.6 Å². The van der Waals surface area contributed by atoms with Crippen molar-refractivity contribution in [1.82, 2.24) is 9.38 Å². The summed E-state index contributed by atoms with van der Waals surface area (Å²) in [5.41, 5.74) is 0.754. The highest BCUT2D eigenvalue weighted by molar-refractivity contribution is 9.10. The Morgan fingerprint density at radius 3 is 2.67 bits per heavy atom. The Kier molecular flexibility index (Phi) is 3.16. The van der Waals surface area contributed by atoms with E-state index in [9.17, 15) is 13.2 Å². The van der Waals surface area contributed by atoms with Crippen LogP contribution >= 0.6 is 15.9 Å². The summed E-state index contributed by atoms with van der Waals surface area (Å²) in [5, 5.41) is 0. The summed E-state index contributed by atoms with van der Waals surface area (Å²) < 4.78 is 28.5. The number of aryl methyl sites for hydroxylation is 1. The van der Waals surface area contributed by atoms with Gasteiger partial charge >= 0.3 is 10.1 Å². The lowest BCUT2D eigenvalue weighted by Gasteiger charge is -2.06. The van der Waals surface area contributed by atoms with Crippen molar-refractivity contribution in [2.75, 3.05) is 6.26 Å². The van der Waals surface area contributed by atoms with Gasteiger partial charge in [0.15, 0.2) is 5.65 Å².